The number of rotatable bonds is 5. The highest BCUT2D eigenvalue weighted by molar-refractivity contribution is 7.18. The molecule has 1 heterocycles. The fourth-order valence-corrected chi connectivity index (χ4v) is 3.14. The standard InChI is InChI=1S/C13H20N2OS/c1-4-7(2)15-13-10(9-5-6-9)11(14)12(17-13)8(3)16/h7,9,15H,4-6,14H2,1-3H3. The molecule has 0 aliphatic heterocycles. The quantitative estimate of drug-likeness (QED) is 0.787. The van der Waals surface area contributed by atoms with Crippen molar-refractivity contribution in [1.29, 1.82) is 0 Å². The maximum atomic E-state index is 11.5. The van der Waals surface area contributed by atoms with Gasteiger partial charge in [-0.05, 0) is 32.1 Å². The fourth-order valence-electron chi connectivity index (χ4n) is 1.93. The van der Waals surface area contributed by atoms with Gasteiger partial charge in [0.15, 0.2) is 5.78 Å². The van der Waals surface area contributed by atoms with Crippen LogP contribution in [0.1, 0.15) is 61.2 Å². The predicted octanol–water partition coefficient (Wildman–Crippen LogP) is 3.62. The molecule has 17 heavy (non-hydrogen) atoms. The van der Waals surface area contributed by atoms with Crippen LogP contribution in [0, 0.1) is 0 Å². The van der Waals surface area contributed by atoms with Crippen molar-refractivity contribution in [3.05, 3.63) is 10.4 Å². The Balaban J connectivity index is 2.35. The van der Waals surface area contributed by atoms with Crippen LogP contribution < -0.4 is 11.1 Å². The number of nitrogen functional groups attached to an aromatic ring is 1. The van der Waals surface area contributed by atoms with E-state index in [1.54, 1.807) is 6.92 Å². The third-order valence-corrected chi connectivity index (χ3v) is 4.53. The third kappa shape index (κ3) is 2.46. The molecule has 0 spiro atoms. The lowest BCUT2D eigenvalue weighted by Gasteiger charge is -2.13. The van der Waals surface area contributed by atoms with Gasteiger partial charge in [-0.25, -0.2) is 0 Å². The second-order valence-corrected chi connectivity index (χ2v) is 5.89. The smallest absolute Gasteiger partial charge is 0.171 e. The molecule has 0 amide bonds. The molecule has 0 aromatic carbocycles. The average molecular weight is 252 g/mol. The predicted molar refractivity (Wildman–Crippen MR) is 74.1 cm³/mol. The van der Waals surface area contributed by atoms with Gasteiger partial charge in [-0.1, -0.05) is 6.92 Å². The topological polar surface area (TPSA) is 55.1 Å². The lowest BCUT2D eigenvalue weighted by Crippen LogP contribution is -2.13. The summed E-state index contributed by atoms with van der Waals surface area (Å²) in [6, 6.07) is 0.422. The molecule has 1 unspecified atom stereocenters. The minimum Gasteiger partial charge on any atom is -0.397 e. The van der Waals surface area contributed by atoms with Crippen LogP contribution in [0.25, 0.3) is 0 Å². The van der Waals surface area contributed by atoms with Gasteiger partial charge in [0.05, 0.1) is 15.6 Å². The summed E-state index contributed by atoms with van der Waals surface area (Å²) in [5.74, 6) is 0.650. The number of ketones is 1. The van der Waals surface area contributed by atoms with E-state index < -0.39 is 0 Å². The van der Waals surface area contributed by atoms with Crippen LogP contribution in [0.15, 0.2) is 0 Å². The number of nitrogens with one attached hydrogen (secondary N) is 1. The first-order valence-electron chi connectivity index (χ1n) is 6.24. The highest BCUT2D eigenvalue weighted by Gasteiger charge is 2.32. The maximum Gasteiger partial charge on any atom is 0.171 e. The Hall–Kier alpha value is -1.03. The zero-order chi connectivity index (χ0) is 12.6. The van der Waals surface area contributed by atoms with E-state index in [9.17, 15) is 4.79 Å². The van der Waals surface area contributed by atoms with Gasteiger partial charge >= 0.3 is 0 Å². The van der Waals surface area contributed by atoms with Crippen LogP contribution in [0.5, 0.6) is 0 Å². The molecule has 0 bridgehead atoms. The first-order valence-corrected chi connectivity index (χ1v) is 7.05. The normalized spacial score (nSPS) is 16.9. The van der Waals surface area contributed by atoms with Gasteiger partial charge in [-0.2, -0.15) is 0 Å². The Bertz CT molecular complexity index is 435. The van der Waals surface area contributed by atoms with Crippen LogP contribution >= 0.6 is 11.3 Å². The van der Waals surface area contributed by atoms with Gasteiger partial charge in [0.1, 0.15) is 0 Å². The number of anilines is 2. The number of Topliss-reactive ketones (excluding diaryl/α,β-unsaturated/α-hetero) is 1. The number of hydrogen-bond donors (Lipinski definition) is 2. The van der Waals surface area contributed by atoms with E-state index in [0.717, 1.165) is 22.0 Å². The van der Waals surface area contributed by atoms with E-state index in [2.05, 4.69) is 19.2 Å². The van der Waals surface area contributed by atoms with Crippen molar-refractivity contribution in [3.8, 4) is 0 Å². The summed E-state index contributed by atoms with van der Waals surface area (Å²) in [6.07, 6.45) is 3.47. The molecule has 1 atom stereocenters. The molecule has 1 fully saturated rings. The van der Waals surface area contributed by atoms with Crippen molar-refractivity contribution in [1.82, 2.24) is 0 Å². The molecule has 1 aliphatic rings. The summed E-state index contributed by atoms with van der Waals surface area (Å²) in [5, 5.41) is 4.60. The van der Waals surface area contributed by atoms with Crippen LogP contribution in [0.3, 0.4) is 0 Å². The van der Waals surface area contributed by atoms with Crippen molar-refractivity contribution in [3.63, 3.8) is 0 Å². The molecule has 0 radical (unpaired) electrons. The van der Waals surface area contributed by atoms with Gasteiger partial charge in [0.25, 0.3) is 0 Å². The molecular weight excluding hydrogens is 232 g/mol. The van der Waals surface area contributed by atoms with E-state index in [4.69, 9.17) is 5.73 Å². The van der Waals surface area contributed by atoms with Crippen molar-refractivity contribution in [2.24, 2.45) is 0 Å². The number of nitrogens with two attached hydrogens (primary N) is 1. The Morgan fingerprint density at radius 3 is 2.71 bits per heavy atom. The fraction of sp³-hybridized carbons (Fsp3) is 0.615. The minimum atomic E-state index is 0.0756. The monoisotopic (exact) mass is 252 g/mol. The van der Waals surface area contributed by atoms with Crippen molar-refractivity contribution >= 4 is 27.8 Å². The molecule has 0 saturated heterocycles. The molecule has 1 aromatic heterocycles. The van der Waals surface area contributed by atoms with Crippen molar-refractivity contribution in [2.75, 3.05) is 11.1 Å². The maximum absolute atomic E-state index is 11.5. The lowest BCUT2D eigenvalue weighted by atomic mass is 10.1. The molecule has 3 N–H and O–H groups in total. The van der Waals surface area contributed by atoms with E-state index in [1.165, 1.54) is 29.7 Å². The third-order valence-electron chi connectivity index (χ3n) is 3.28. The highest BCUT2D eigenvalue weighted by Crippen LogP contribution is 2.51. The average Bonchev–Trinajstić information content (AvgIpc) is 3.04. The summed E-state index contributed by atoms with van der Waals surface area (Å²) in [6.45, 7) is 5.89. The first kappa shape index (κ1) is 12.4. The molecule has 94 valence electrons. The SMILES string of the molecule is CCC(C)Nc1sc(C(C)=O)c(N)c1C1CC1. The summed E-state index contributed by atoms with van der Waals surface area (Å²) in [4.78, 5) is 12.3. The molecular formula is C13H20N2OS. The molecule has 1 aromatic rings. The number of carbonyl (C=O) groups is 1. The van der Waals surface area contributed by atoms with Gasteiger partial charge < -0.3 is 11.1 Å². The number of hydrogen-bond acceptors (Lipinski definition) is 4. The van der Waals surface area contributed by atoms with Gasteiger partial charge in [0, 0.05) is 18.5 Å². The highest BCUT2D eigenvalue weighted by atomic mass is 32.1. The van der Waals surface area contributed by atoms with Crippen LogP contribution in [-0.4, -0.2) is 11.8 Å². The second-order valence-electron chi connectivity index (χ2n) is 4.87. The summed E-state index contributed by atoms with van der Waals surface area (Å²) >= 11 is 1.52. The number of thiophene rings is 1. The first-order chi connectivity index (χ1) is 8.04. The Morgan fingerprint density at radius 2 is 2.24 bits per heavy atom. The molecule has 1 saturated carbocycles. The Labute approximate surface area is 106 Å². The van der Waals surface area contributed by atoms with Crippen LogP contribution in [-0.2, 0) is 0 Å². The zero-order valence-corrected chi connectivity index (χ0v) is 11.5. The van der Waals surface area contributed by atoms with E-state index in [0.29, 0.717) is 12.0 Å². The van der Waals surface area contributed by atoms with Crippen LogP contribution in [0.4, 0.5) is 10.7 Å². The summed E-state index contributed by atoms with van der Waals surface area (Å²) < 4.78 is 0. The van der Waals surface area contributed by atoms with Gasteiger partial charge in [-0.15, -0.1) is 11.3 Å². The zero-order valence-electron chi connectivity index (χ0n) is 10.7. The van der Waals surface area contributed by atoms with Crippen molar-refractivity contribution in [2.45, 2.75) is 52.0 Å². The van der Waals surface area contributed by atoms with E-state index >= 15 is 0 Å². The Kier molecular flexibility index (Phi) is 3.43. The molecule has 1 aliphatic carbocycles. The largest absolute Gasteiger partial charge is 0.397 e. The minimum absolute atomic E-state index is 0.0756. The van der Waals surface area contributed by atoms with Crippen LogP contribution in [0.2, 0.25) is 0 Å². The number of carbonyl (C=O) groups excluding carboxylic acids is 1. The summed E-state index contributed by atoms with van der Waals surface area (Å²) in [7, 11) is 0. The second kappa shape index (κ2) is 4.69. The van der Waals surface area contributed by atoms with E-state index in [-0.39, 0.29) is 5.78 Å². The molecule has 3 nitrogen and oxygen atoms in total. The summed E-state index contributed by atoms with van der Waals surface area (Å²) in [5.41, 5.74) is 8.03. The molecule has 2 rings (SSSR count). The molecule has 4 heteroatoms. The lowest BCUT2D eigenvalue weighted by molar-refractivity contribution is 0.102. The Morgan fingerprint density at radius 1 is 1.59 bits per heavy atom. The van der Waals surface area contributed by atoms with Gasteiger partial charge in [0.2, 0.25) is 0 Å². The van der Waals surface area contributed by atoms with E-state index in [1.807, 2.05) is 0 Å². The van der Waals surface area contributed by atoms with Gasteiger partial charge in [-0.3, -0.25) is 4.79 Å². The van der Waals surface area contributed by atoms with Crippen molar-refractivity contribution < 1.29 is 4.79 Å².